The molecule has 1 aliphatic rings. The average Bonchev–Trinajstić information content (AvgIpc) is 2.78. The number of halogens is 3. The Morgan fingerprint density at radius 2 is 1.88 bits per heavy atom. The third-order valence-corrected chi connectivity index (χ3v) is 7.35. The zero-order chi connectivity index (χ0) is 24.6. The Kier molecular flexibility index (Phi) is 6.48. The maximum absolute atomic E-state index is 14.1. The number of carbonyl (C=O) groups excluding carboxylic acids is 1. The van der Waals surface area contributed by atoms with Gasteiger partial charge in [-0.3, -0.25) is 9.10 Å². The lowest BCUT2D eigenvalue weighted by Gasteiger charge is -2.36. The predicted molar refractivity (Wildman–Crippen MR) is 123 cm³/mol. The van der Waals surface area contributed by atoms with Gasteiger partial charge < -0.3 is 15.2 Å². The molecule has 2 atom stereocenters. The molecule has 3 aromatic rings. The molecule has 3 aromatic carbocycles. The van der Waals surface area contributed by atoms with Gasteiger partial charge in [0.25, 0.3) is 15.9 Å². The summed E-state index contributed by atoms with van der Waals surface area (Å²) in [5.74, 6) is -2.09. The molecule has 4 rings (SSSR count). The van der Waals surface area contributed by atoms with Gasteiger partial charge in [0, 0.05) is 5.69 Å². The summed E-state index contributed by atoms with van der Waals surface area (Å²) in [4.78, 5) is 12.5. The Bertz CT molecular complexity index is 1330. The lowest BCUT2D eigenvalue weighted by Crippen LogP contribution is -2.47. The van der Waals surface area contributed by atoms with Crippen molar-refractivity contribution in [3.8, 4) is 5.75 Å². The number of sulfonamides is 1. The van der Waals surface area contributed by atoms with E-state index < -0.39 is 39.8 Å². The predicted octanol–water partition coefficient (Wildman–Crippen LogP) is 4.21. The molecule has 34 heavy (non-hydrogen) atoms. The van der Waals surface area contributed by atoms with Gasteiger partial charge in [0.2, 0.25) is 0 Å². The molecule has 7 nitrogen and oxygen atoms in total. The molecule has 0 radical (unpaired) electrons. The van der Waals surface area contributed by atoms with Crippen LogP contribution in [0.25, 0.3) is 0 Å². The minimum atomic E-state index is -4.19. The minimum Gasteiger partial charge on any atom is -0.484 e. The third-order valence-electron chi connectivity index (χ3n) is 5.24. The number of fused-ring (bicyclic) bond motifs is 1. The van der Waals surface area contributed by atoms with Crippen molar-refractivity contribution >= 4 is 38.9 Å². The maximum atomic E-state index is 14.1. The molecule has 0 saturated heterocycles. The quantitative estimate of drug-likeness (QED) is 0.538. The number of nitrogens with zero attached hydrogens (tertiary/aromatic N) is 1. The molecule has 0 saturated carbocycles. The van der Waals surface area contributed by atoms with E-state index in [4.69, 9.17) is 16.3 Å². The van der Waals surface area contributed by atoms with Crippen molar-refractivity contribution in [2.45, 2.75) is 24.0 Å². The normalized spacial score (nSPS) is 16.4. The van der Waals surface area contributed by atoms with Gasteiger partial charge in [-0.05, 0) is 61.5 Å². The summed E-state index contributed by atoms with van der Waals surface area (Å²) in [5, 5.41) is 12.5. The summed E-state index contributed by atoms with van der Waals surface area (Å²) < 4.78 is 61.0. The molecule has 0 fully saturated rings. The van der Waals surface area contributed by atoms with Crippen molar-refractivity contribution in [1.82, 2.24) is 0 Å². The molecule has 11 heteroatoms. The SMILES string of the molecule is C[C@H](O)[C@H]1CN(S(=O)(=O)c2ccc(F)cc2)c2cc(NC(=O)c3c(F)cccc3Cl)ccc2O1. The highest BCUT2D eigenvalue weighted by atomic mass is 35.5. The fourth-order valence-electron chi connectivity index (χ4n) is 3.47. The highest BCUT2D eigenvalue weighted by molar-refractivity contribution is 7.92. The van der Waals surface area contributed by atoms with Crippen LogP contribution in [0.1, 0.15) is 17.3 Å². The largest absolute Gasteiger partial charge is 0.484 e. The lowest BCUT2D eigenvalue weighted by molar-refractivity contribution is 0.0503. The molecule has 2 N–H and O–H groups in total. The highest BCUT2D eigenvalue weighted by Crippen LogP contribution is 2.39. The second kappa shape index (κ2) is 9.21. The minimum absolute atomic E-state index is 0.0821. The van der Waals surface area contributed by atoms with Crippen molar-refractivity contribution in [1.29, 1.82) is 0 Å². The first-order chi connectivity index (χ1) is 16.1. The standard InChI is InChI=1S/C23H19ClF2N2O5S/c1-13(29)21-12-28(34(31,32)16-8-5-14(25)6-9-16)19-11-15(7-10-20(19)33-21)27-23(30)22-17(24)3-2-4-18(22)26/h2-11,13,21,29H,12H2,1H3,(H,27,30)/t13-,21+/m0/s1. The topological polar surface area (TPSA) is 95.9 Å². The molecule has 0 aliphatic carbocycles. The van der Waals surface area contributed by atoms with E-state index in [9.17, 15) is 27.1 Å². The molecule has 0 spiro atoms. The Morgan fingerprint density at radius 1 is 1.18 bits per heavy atom. The molecule has 0 bridgehead atoms. The van der Waals surface area contributed by atoms with Crippen molar-refractivity contribution in [3.63, 3.8) is 0 Å². The first kappa shape index (κ1) is 23.9. The molecule has 1 amide bonds. The highest BCUT2D eigenvalue weighted by Gasteiger charge is 2.36. The van der Waals surface area contributed by atoms with Crippen molar-refractivity contribution < 1.29 is 31.8 Å². The van der Waals surface area contributed by atoms with Gasteiger partial charge in [-0.1, -0.05) is 17.7 Å². The van der Waals surface area contributed by atoms with Crippen LogP contribution in [0.15, 0.2) is 65.6 Å². The van der Waals surface area contributed by atoms with E-state index in [1.54, 1.807) is 0 Å². The van der Waals surface area contributed by atoms with E-state index in [2.05, 4.69) is 5.32 Å². The van der Waals surface area contributed by atoms with Gasteiger partial charge >= 0.3 is 0 Å². The van der Waals surface area contributed by atoms with Crippen LogP contribution in [-0.2, 0) is 10.0 Å². The van der Waals surface area contributed by atoms with Gasteiger partial charge in [-0.2, -0.15) is 0 Å². The first-order valence-electron chi connectivity index (χ1n) is 10.1. The second-order valence-electron chi connectivity index (χ2n) is 7.62. The van der Waals surface area contributed by atoms with Gasteiger partial charge in [0.1, 0.15) is 23.5 Å². The molecule has 178 valence electrons. The van der Waals surface area contributed by atoms with Crippen LogP contribution in [0.5, 0.6) is 5.75 Å². The van der Waals surface area contributed by atoms with E-state index in [1.807, 2.05) is 0 Å². The average molecular weight is 509 g/mol. The Labute approximate surface area is 199 Å². The number of amides is 1. The van der Waals surface area contributed by atoms with Gasteiger partial charge in [-0.25, -0.2) is 17.2 Å². The number of ether oxygens (including phenoxy) is 1. The number of nitrogens with one attached hydrogen (secondary N) is 1. The summed E-state index contributed by atoms with van der Waals surface area (Å²) in [5.41, 5.74) is -0.122. The molecule has 0 unspecified atom stereocenters. The Morgan fingerprint density at radius 3 is 2.53 bits per heavy atom. The summed E-state index contributed by atoms with van der Waals surface area (Å²) in [6.45, 7) is 1.23. The third kappa shape index (κ3) is 4.56. The van der Waals surface area contributed by atoms with Crippen molar-refractivity contribution in [2.24, 2.45) is 0 Å². The number of carbonyl (C=O) groups is 1. The summed E-state index contributed by atoms with van der Waals surface area (Å²) in [7, 11) is -4.19. The van der Waals surface area contributed by atoms with E-state index in [0.717, 1.165) is 34.6 Å². The van der Waals surface area contributed by atoms with Crippen LogP contribution in [0.4, 0.5) is 20.2 Å². The van der Waals surface area contributed by atoms with Gasteiger partial charge in [0.15, 0.2) is 0 Å². The summed E-state index contributed by atoms with van der Waals surface area (Å²) >= 11 is 5.95. The zero-order valence-corrected chi connectivity index (χ0v) is 19.3. The fourth-order valence-corrected chi connectivity index (χ4v) is 5.20. The van der Waals surface area contributed by atoms with Crippen LogP contribution in [0.3, 0.4) is 0 Å². The summed E-state index contributed by atoms with van der Waals surface area (Å²) in [6, 6.07) is 12.3. The molecule has 1 heterocycles. The van der Waals surface area contributed by atoms with Crippen LogP contribution in [0, 0.1) is 11.6 Å². The number of hydrogen-bond donors (Lipinski definition) is 2. The molecule has 0 aromatic heterocycles. The van der Waals surface area contributed by atoms with Crippen LogP contribution in [0.2, 0.25) is 5.02 Å². The van der Waals surface area contributed by atoms with E-state index in [-0.39, 0.29) is 39.2 Å². The van der Waals surface area contributed by atoms with Crippen LogP contribution in [-0.4, -0.2) is 38.2 Å². The molecular weight excluding hydrogens is 490 g/mol. The first-order valence-corrected chi connectivity index (χ1v) is 11.9. The van der Waals surface area contributed by atoms with Crippen LogP contribution >= 0.6 is 11.6 Å². The van der Waals surface area contributed by atoms with E-state index >= 15 is 0 Å². The monoisotopic (exact) mass is 508 g/mol. The number of aliphatic hydroxyl groups is 1. The number of aliphatic hydroxyl groups excluding tert-OH is 1. The zero-order valence-electron chi connectivity index (χ0n) is 17.7. The van der Waals surface area contributed by atoms with Crippen LogP contribution < -0.4 is 14.4 Å². The smallest absolute Gasteiger partial charge is 0.264 e. The molecule has 1 aliphatic heterocycles. The fraction of sp³-hybridized carbons (Fsp3) is 0.174. The lowest BCUT2D eigenvalue weighted by atomic mass is 10.1. The molecular formula is C23H19ClF2N2O5S. The summed E-state index contributed by atoms with van der Waals surface area (Å²) in [6.07, 6.45) is -1.87. The Hall–Kier alpha value is -3.21. The van der Waals surface area contributed by atoms with Gasteiger partial charge in [-0.15, -0.1) is 0 Å². The van der Waals surface area contributed by atoms with Gasteiger partial charge in [0.05, 0.1) is 33.8 Å². The number of anilines is 2. The van der Waals surface area contributed by atoms with E-state index in [1.165, 1.54) is 37.3 Å². The Balaban J connectivity index is 1.74. The number of hydrogen-bond acceptors (Lipinski definition) is 5. The van der Waals surface area contributed by atoms with Crippen molar-refractivity contribution in [2.75, 3.05) is 16.2 Å². The number of rotatable bonds is 5. The maximum Gasteiger partial charge on any atom is 0.264 e. The van der Waals surface area contributed by atoms with E-state index in [0.29, 0.717) is 0 Å². The number of benzene rings is 3. The van der Waals surface area contributed by atoms with Crippen molar-refractivity contribution in [3.05, 3.63) is 82.9 Å². The second-order valence-corrected chi connectivity index (χ2v) is 9.89.